The topological polar surface area (TPSA) is 63.9 Å². The molecule has 2 aromatic heterocycles. The average Bonchev–Trinajstić information content (AvgIpc) is 3.16. The number of hydrogen-bond acceptors (Lipinski definition) is 6. The van der Waals surface area contributed by atoms with E-state index in [-0.39, 0.29) is 5.75 Å². The quantitative estimate of drug-likeness (QED) is 0.590. The highest BCUT2D eigenvalue weighted by Crippen LogP contribution is 2.29. The molecule has 1 aromatic carbocycles. The number of aromatic nitrogens is 3. The lowest BCUT2D eigenvalue weighted by Crippen LogP contribution is -2.37. The van der Waals surface area contributed by atoms with Gasteiger partial charge in [-0.1, -0.05) is 12.1 Å². The van der Waals surface area contributed by atoms with Gasteiger partial charge >= 0.3 is 6.36 Å². The van der Waals surface area contributed by atoms with Gasteiger partial charge in [-0.3, -0.25) is 4.90 Å². The maximum absolute atomic E-state index is 12.3. The van der Waals surface area contributed by atoms with Gasteiger partial charge in [-0.25, -0.2) is 4.98 Å². The summed E-state index contributed by atoms with van der Waals surface area (Å²) in [5.41, 5.74) is 2.06. The van der Waals surface area contributed by atoms with E-state index in [0.29, 0.717) is 11.2 Å². The molecule has 1 saturated heterocycles. The van der Waals surface area contributed by atoms with Gasteiger partial charge in [-0.05, 0) is 36.7 Å². The summed E-state index contributed by atoms with van der Waals surface area (Å²) in [5.74, 6) is 0.545. The molecule has 0 unspecified atom stereocenters. The van der Waals surface area contributed by atoms with Gasteiger partial charge < -0.3 is 14.8 Å². The molecular weight excluding hydrogens is 399 g/mol. The summed E-state index contributed by atoms with van der Waals surface area (Å²) in [7, 11) is 0. The van der Waals surface area contributed by atoms with Crippen molar-refractivity contribution in [2.24, 2.45) is 0 Å². The van der Waals surface area contributed by atoms with Gasteiger partial charge in [-0.15, -0.1) is 13.2 Å². The summed E-state index contributed by atoms with van der Waals surface area (Å²) in [5, 5.41) is 7.78. The van der Waals surface area contributed by atoms with Gasteiger partial charge in [-0.2, -0.15) is 9.61 Å². The van der Waals surface area contributed by atoms with Crippen molar-refractivity contribution in [3.8, 4) is 16.9 Å². The molecule has 0 aliphatic carbocycles. The van der Waals surface area contributed by atoms with Crippen molar-refractivity contribution < 1.29 is 22.6 Å². The summed E-state index contributed by atoms with van der Waals surface area (Å²) >= 11 is 0. The first kappa shape index (κ1) is 20.4. The Bertz CT molecular complexity index is 969. The van der Waals surface area contributed by atoms with Crippen LogP contribution < -0.4 is 10.1 Å². The number of hydrogen-bond donors (Lipinski definition) is 1. The fraction of sp³-hybridized carbons (Fsp3) is 0.400. The molecule has 4 rings (SSSR count). The molecule has 1 aliphatic heterocycles. The lowest BCUT2D eigenvalue weighted by Gasteiger charge is -2.26. The number of ether oxygens (including phenoxy) is 2. The predicted octanol–water partition coefficient (Wildman–Crippen LogP) is 3.43. The molecule has 1 aliphatic rings. The van der Waals surface area contributed by atoms with Crippen LogP contribution in [-0.4, -0.2) is 65.3 Å². The molecule has 7 nitrogen and oxygen atoms in total. The number of fused-ring (bicyclic) bond motifs is 1. The Morgan fingerprint density at radius 2 is 1.87 bits per heavy atom. The largest absolute Gasteiger partial charge is 0.573 e. The van der Waals surface area contributed by atoms with E-state index in [1.807, 2.05) is 6.07 Å². The minimum atomic E-state index is -4.71. The second-order valence-corrected chi connectivity index (χ2v) is 6.93. The van der Waals surface area contributed by atoms with Crippen LogP contribution in [0.15, 0.2) is 42.7 Å². The molecular formula is C20H22F3N5O2. The minimum absolute atomic E-state index is 0.265. The third-order valence-electron chi connectivity index (χ3n) is 4.86. The highest BCUT2D eigenvalue weighted by molar-refractivity contribution is 5.78. The zero-order chi connectivity index (χ0) is 21.0. The Balaban J connectivity index is 1.42. The molecule has 0 radical (unpaired) electrons. The minimum Gasteiger partial charge on any atom is -0.406 e. The molecule has 3 heterocycles. The lowest BCUT2D eigenvalue weighted by molar-refractivity contribution is -0.274. The molecule has 0 bridgehead atoms. The van der Waals surface area contributed by atoms with Crippen molar-refractivity contribution in [1.82, 2.24) is 19.5 Å². The third-order valence-corrected chi connectivity index (χ3v) is 4.86. The van der Waals surface area contributed by atoms with Gasteiger partial charge in [0, 0.05) is 31.4 Å². The van der Waals surface area contributed by atoms with E-state index >= 15 is 0 Å². The van der Waals surface area contributed by atoms with Crippen molar-refractivity contribution in [1.29, 1.82) is 0 Å². The zero-order valence-corrected chi connectivity index (χ0v) is 16.2. The summed E-state index contributed by atoms with van der Waals surface area (Å²) < 4.78 is 48.0. The van der Waals surface area contributed by atoms with Crippen molar-refractivity contribution in [3.63, 3.8) is 0 Å². The van der Waals surface area contributed by atoms with Gasteiger partial charge in [0.25, 0.3) is 0 Å². The van der Waals surface area contributed by atoms with E-state index in [2.05, 4.69) is 25.0 Å². The highest BCUT2D eigenvalue weighted by atomic mass is 19.4. The number of alkyl halides is 3. The first-order chi connectivity index (χ1) is 14.5. The van der Waals surface area contributed by atoms with E-state index < -0.39 is 6.36 Å². The summed E-state index contributed by atoms with van der Waals surface area (Å²) in [6.45, 7) is 5.30. The second-order valence-electron chi connectivity index (χ2n) is 6.93. The van der Waals surface area contributed by atoms with Crippen molar-refractivity contribution >= 4 is 11.5 Å². The Hall–Kier alpha value is -2.85. The highest BCUT2D eigenvalue weighted by Gasteiger charge is 2.31. The van der Waals surface area contributed by atoms with Crippen LogP contribution in [0.25, 0.3) is 16.8 Å². The third kappa shape index (κ3) is 5.00. The monoisotopic (exact) mass is 421 g/mol. The molecule has 0 amide bonds. The maximum atomic E-state index is 12.3. The molecule has 160 valence electrons. The van der Waals surface area contributed by atoms with Crippen LogP contribution in [0.4, 0.5) is 19.0 Å². The van der Waals surface area contributed by atoms with Gasteiger partial charge in [0.05, 0.1) is 19.4 Å². The Labute approximate surface area is 171 Å². The van der Waals surface area contributed by atoms with E-state index in [4.69, 9.17) is 4.74 Å². The number of nitrogens with one attached hydrogen (secondary N) is 1. The second kappa shape index (κ2) is 8.88. The van der Waals surface area contributed by atoms with E-state index in [0.717, 1.165) is 57.2 Å². The first-order valence-electron chi connectivity index (χ1n) is 9.72. The molecule has 1 N–H and O–H groups in total. The van der Waals surface area contributed by atoms with Gasteiger partial charge in [0.15, 0.2) is 5.65 Å². The molecule has 30 heavy (non-hydrogen) atoms. The van der Waals surface area contributed by atoms with E-state index in [1.54, 1.807) is 29.0 Å². The fourth-order valence-corrected chi connectivity index (χ4v) is 3.41. The molecule has 3 aromatic rings. The van der Waals surface area contributed by atoms with Crippen LogP contribution in [0.3, 0.4) is 0 Å². The summed E-state index contributed by atoms with van der Waals surface area (Å²) in [6, 6.07) is 7.52. The molecule has 1 fully saturated rings. The standard InChI is InChI=1S/C20H22F3N5O2/c21-20(22,23)30-16-4-2-15(3-5-16)17-14-26-28-18(6-8-25-19(17)28)24-7-1-9-27-10-12-29-13-11-27/h2-6,8,14,24H,1,7,9-13H2. The lowest BCUT2D eigenvalue weighted by atomic mass is 10.1. The predicted molar refractivity (Wildman–Crippen MR) is 105 cm³/mol. The van der Waals surface area contributed by atoms with Crippen LogP contribution in [0.5, 0.6) is 5.75 Å². The van der Waals surface area contributed by atoms with Gasteiger partial charge in [0.2, 0.25) is 0 Å². The Kier molecular flexibility index (Phi) is 6.05. The van der Waals surface area contributed by atoms with Crippen LogP contribution >= 0.6 is 0 Å². The number of rotatable bonds is 7. The van der Waals surface area contributed by atoms with Crippen molar-refractivity contribution in [2.45, 2.75) is 12.8 Å². The van der Waals surface area contributed by atoms with E-state index in [1.165, 1.54) is 12.1 Å². The fourth-order valence-electron chi connectivity index (χ4n) is 3.41. The number of morpholine rings is 1. The first-order valence-corrected chi connectivity index (χ1v) is 9.72. The molecule has 10 heteroatoms. The summed E-state index contributed by atoms with van der Waals surface area (Å²) in [4.78, 5) is 6.77. The van der Waals surface area contributed by atoms with Gasteiger partial charge in [0.1, 0.15) is 11.6 Å². The SMILES string of the molecule is FC(F)(F)Oc1ccc(-c2cnn3c(NCCCN4CCOCC4)ccnc23)cc1. The normalized spacial score (nSPS) is 15.4. The van der Waals surface area contributed by atoms with Crippen LogP contribution in [-0.2, 0) is 4.74 Å². The number of anilines is 1. The zero-order valence-electron chi connectivity index (χ0n) is 16.2. The smallest absolute Gasteiger partial charge is 0.406 e. The number of halogens is 3. The van der Waals surface area contributed by atoms with Crippen LogP contribution in [0.2, 0.25) is 0 Å². The molecule has 0 saturated carbocycles. The van der Waals surface area contributed by atoms with Crippen molar-refractivity contribution in [2.75, 3.05) is 44.7 Å². The van der Waals surface area contributed by atoms with Crippen LogP contribution in [0.1, 0.15) is 6.42 Å². The Morgan fingerprint density at radius 3 is 2.60 bits per heavy atom. The molecule has 0 atom stereocenters. The average molecular weight is 421 g/mol. The Morgan fingerprint density at radius 1 is 1.10 bits per heavy atom. The maximum Gasteiger partial charge on any atom is 0.573 e. The molecule has 0 spiro atoms. The van der Waals surface area contributed by atoms with Crippen molar-refractivity contribution in [3.05, 3.63) is 42.7 Å². The number of nitrogens with zero attached hydrogens (tertiary/aromatic N) is 4. The summed E-state index contributed by atoms with van der Waals surface area (Å²) in [6.07, 6.45) is -0.388. The van der Waals surface area contributed by atoms with Crippen LogP contribution in [0, 0.1) is 0 Å². The number of benzene rings is 1. The van der Waals surface area contributed by atoms with E-state index in [9.17, 15) is 13.2 Å².